The van der Waals surface area contributed by atoms with Gasteiger partial charge in [-0.15, -0.1) is 13.2 Å². The third-order valence-corrected chi connectivity index (χ3v) is 8.09. The number of piperidine rings is 1. The fourth-order valence-electron chi connectivity index (χ4n) is 5.68. The van der Waals surface area contributed by atoms with Crippen LogP contribution in [0.1, 0.15) is 39.9 Å². The predicted octanol–water partition coefficient (Wildman–Crippen LogP) is 4.84. The fraction of sp³-hybridized carbons (Fsp3) is 0.333. The Morgan fingerprint density at radius 3 is 2.28 bits per heavy atom. The van der Waals surface area contributed by atoms with Crippen LogP contribution < -0.4 is 15.4 Å². The van der Waals surface area contributed by atoms with Crippen LogP contribution >= 0.6 is 0 Å². The average Bonchev–Trinajstić information content (AvgIpc) is 3.04. The molecule has 0 radical (unpaired) electrons. The minimum Gasteiger partial charge on any atom is -0.480 e. The van der Waals surface area contributed by atoms with Crippen LogP contribution in [-0.4, -0.2) is 70.8 Å². The van der Waals surface area contributed by atoms with Crippen molar-refractivity contribution in [2.24, 2.45) is 5.92 Å². The lowest BCUT2D eigenvalue weighted by Gasteiger charge is -2.32. The molecule has 1 saturated heterocycles. The molecule has 0 aromatic heterocycles. The molecule has 242 valence electrons. The normalized spacial score (nSPS) is 17.0. The second-order valence-corrected chi connectivity index (χ2v) is 11.3. The highest BCUT2D eigenvalue weighted by atomic mass is 19.4. The first-order chi connectivity index (χ1) is 21.9. The Morgan fingerprint density at radius 1 is 0.913 bits per heavy atom. The zero-order chi connectivity index (χ0) is 32.8. The molecular weight excluding hydrogens is 605 g/mol. The van der Waals surface area contributed by atoms with E-state index in [1.54, 1.807) is 29.2 Å². The van der Waals surface area contributed by atoms with Crippen molar-refractivity contribution in [3.63, 3.8) is 0 Å². The molecule has 2 aliphatic rings. The number of anilines is 1. The van der Waals surface area contributed by atoms with Crippen molar-refractivity contribution in [1.29, 1.82) is 0 Å². The second kappa shape index (κ2) is 13.9. The molecule has 0 aliphatic carbocycles. The first-order valence-corrected chi connectivity index (χ1v) is 14.8. The average molecular weight is 639 g/mol. The van der Waals surface area contributed by atoms with Crippen LogP contribution in [0.15, 0.2) is 72.8 Å². The third-order valence-electron chi connectivity index (χ3n) is 8.09. The largest absolute Gasteiger partial charge is 0.573 e. The molecular formula is C33H33F3N4O6. The molecule has 3 aromatic carbocycles. The molecule has 2 atom stereocenters. The summed E-state index contributed by atoms with van der Waals surface area (Å²) in [7, 11) is 0. The third kappa shape index (κ3) is 8.34. The van der Waals surface area contributed by atoms with Crippen molar-refractivity contribution < 1.29 is 42.2 Å². The van der Waals surface area contributed by atoms with Crippen molar-refractivity contribution in [3.8, 4) is 5.75 Å². The van der Waals surface area contributed by atoms with E-state index in [-0.39, 0.29) is 24.6 Å². The first-order valence-electron chi connectivity index (χ1n) is 14.8. The Hall–Kier alpha value is -5.07. The van der Waals surface area contributed by atoms with E-state index in [4.69, 9.17) is 0 Å². The van der Waals surface area contributed by atoms with Crippen LogP contribution in [-0.2, 0) is 29.0 Å². The monoisotopic (exact) mass is 638 g/mol. The number of rotatable bonds is 8. The molecule has 13 heteroatoms. The van der Waals surface area contributed by atoms with Crippen LogP contribution in [0.4, 0.5) is 23.7 Å². The number of fused-ring (bicyclic) bond motifs is 1. The van der Waals surface area contributed by atoms with Gasteiger partial charge >= 0.3 is 18.4 Å². The number of ether oxygens (including phenoxy) is 1. The van der Waals surface area contributed by atoms with E-state index in [1.807, 2.05) is 18.2 Å². The topological polar surface area (TPSA) is 128 Å². The summed E-state index contributed by atoms with van der Waals surface area (Å²) in [6.45, 7) is 1.50. The van der Waals surface area contributed by atoms with E-state index in [0.717, 1.165) is 24.1 Å². The van der Waals surface area contributed by atoms with Gasteiger partial charge in [-0.2, -0.15) is 0 Å². The number of carboxylic acids is 1. The zero-order valence-electron chi connectivity index (χ0n) is 24.8. The molecule has 4 amide bonds. The van der Waals surface area contributed by atoms with Crippen LogP contribution in [0.3, 0.4) is 0 Å². The van der Waals surface area contributed by atoms with Gasteiger partial charge < -0.3 is 30.3 Å². The highest BCUT2D eigenvalue weighted by Gasteiger charge is 2.33. The van der Waals surface area contributed by atoms with Crippen molar-refractivity contribution in [2.75, 3.05) is 25.0 Å². The van der Waals surface area contributed by atoms with E-state index >= 15 is 0 Å². The molecule has 2 heterocycles. The van der Waals surface area contributed by atoms with Crippen molar-refractivity contribution >= 4 is 29.5 Å². The number of carbonyl (C=O) groups excluding carboxylic acids is 3. The smallest absolute Gasteiger partial charge is 0.480 e. The number of hydrogen-bond acceptors (Lipinski definition) is 5. The fourth-order valence-corrected chi connectivity index (χ4v) is 5.68. The van der Waals surface area contributed by atoms with Gasteiger partial charge in [-0.05, 0) is 72.4 Å². The van der Waals surface area contributed by atoms with Gasteiger partial charge in [0, 0.05) is 43.9 Å². The van der Waals surface area contributed by atoms with Crippen LogP contribution in [0.25, 0.3) is 0 Å². The molecule has 2 aliphatic heterocycles. The summed E-state index contributed by atoms with van der Waals surface area (Å²) in [4.78, 5) is 54.1. The van der Waals surface area contributed by atoms with E-state index < -0.39 is 41.9 Å². The SMILES string of the molecule is O=C(N[C@@H](Cc1ccc(NC(=O)N2CCc3ccccc3C2)cc1)C(=O)O)C1CCCN(C(=O)c2ccc(OC(F)(F)F)cc2)C1. The summed E-state index contributed by atoms with van der Waals surface area (Å²) in [5, 5.41) is 15.3. The maximum atomic E-state index is 13.1. The number of aliphatic carboxylic acids is 1. The number of halogens is 3. The number of carboxylic acid groups (broad SMARTS) is 1. The minimum atomic E-state index is -4.85. The van der Waals surface area contributed by atoms with Gasteiger partial charge in [-0.3, -0.25) is 9.59 Å². The second-order valence-electron chi connectivity index (χ2n) is 11.3. The van der Waals surface area contributed by atoms with Crippen molar-refractivity contribution in [3.05, 3.63) is 95.1 Å². The Bertz CT molecular complexity index is 1580. The number of nitrogens with one attached hydrogen (secondary N) is 2. The quantitative estimate of drug-likeness (QED) is 0.324. The van der Waals surface area contributed by atoms with Crippen molar-refractivity contribution in [2.45, 2.75) is 44.6 Å². The maximum absolute atomic E-state index is 13.1. The Kier molecular flexibility index (Phi) is 9.78. The number of amides is 4. The standard InChI is InChI=1S/C33H33F3N4O6/c34-33(35,36)46-27-13-9-23(10-14-27)30(42)39-16-3-6-25(20-39)29(41)38-28(31(43)44)18-21-7-11-26(12-8-21)37-32(45)40-17-15-22-4-1-2-5-24(22)19-40/h1-2,4-5,7-14,25,28H,3,6,15-20H2,(H,37,45)(H,38,41)(H,43,44)/t25?,28-/m0/s1. The summed E-state index contributed by atoms with van der Waals surface area (Å²) >= 11 is 0. The van der Waals surface area contributed by atoms with E-state index in [0.29, 0.717) is 43.7 Å². The molecule has 46 heavy (non-hydrogen) atoms. The summed E-state index contributed by atoms with van der Waals surface area (Å²) in [6, 6.07) is 17.8. The molecule has 10 nitrogen and oxygen atoms in total. The number of carbonyl (C=O) groups is 4. The van der Waals surface area contributed by atoms with E-state index in [1.165, 1.54) is 22.6 Å². The summed E-state index contributed by atoms with van der Waals surface area (Å²) in [5.74, 6) is -3.30. The van der Waals surface area contributed by atoms with Gasteiger partial charge in [0.25, 0.3) is 5.91 Å². The van der Waals surface area contributed by atoms with Gasteiger partial charge in [0.15, 0.2) is 0 Å². The van der Waals surface area contributed by atoms with Gasteiger partial charge in [0.05, 0.1) is 5.92 Å². The Balaban J connectivity index is 1.13. The lowest BCUT2D eigenvalue weighted by Crippen LogP contribution is -2.50. The number of nitrogens with zero attached hydrogens (tertiary/aromatic N) is 2. The number of hydrogen-bond donors (Lipinski definition) is 3. The number of urea groups is 1. The summed E-state index contributed by atoms with van der Waals surface area (Å²) in [5.41, 5.74) is 3.67. The number of alkyl halides is 3. The summed E-state index contributed by atoms with van der Waals surface area (Å²) < 4.78 is 41.1. The summed E-state index contributed by atoms with van der Waals surface area (Å²) in [6.07, 6.45) is -3.14. The number of likely N-dealkylation sites (tertiary alicyclic amines) is 1. The lowest BCUT2D eigenvalue weighted by atomic mass is 9.95. The molecule has 5 rings (SSSR count). The van der Waals surface area contributed by atoms with Crippen LogP contribution in [0.2, 0.25) is 0 Å². The molecule has 3 N–H and O–H groups in total. The molecule has 1 unspecified atom stereocenters. The number of benzene rings is 3. The van der Waals surface area contributed by atoms with Gasteiger partial charge in [0.2, 0.25) is 5.91 Å². The highest BCUT2D eigenvalue weighted by Crippen LogP contribution is 2.25. The van der Waals surface area contributed by atoms with Gasteiger partial charge in [-0.1, -0.05) is 36.4 Å². The predicted molar refractivity (Wildman–Crippen MR) is 161 cm³/mol. The molecule has 1 fully saturated rings. The van der Waals surface area contributed by atoms with E-state index in [2.05, 4.69) is 21.4 Å². The maximum Gasteiger partial charge on any atom is 0.573 e. The van der Waals surface area contributed by atoms with Crippen LogP contribution in [0.5, 0.6) is 5.75 Å². The van der Waals surface area contributed by atoms with Crippen molar-refractivity contribution in [1.82, 2.24) is 15.1 Å². The lowest BCUT2D eigenvalue weighted by molar-refractivity contribution is -0.274. The molecule has 0 spiro atoms. The molecule has 3 aromatic rings. The first kappa shape index (κ1) is 32.3. The Morgan fingerprint density at radius 2 is 1.61 bits per heavy atom. The minimum absolute atomic E-state index is 0.0000803. The molecule has 0 bridgehead atoms. The zero-order valence-corrected chi connectivity index (χ0v) is 24.8. The van der Waals surface area contributed by atoms with Crippen LogP contribution in [0, 0.1) is 5.92 Å². The highest BCUT2D eigenvalue weighted by molar-refractivity contribution is 5.95. The van der Waals surface area contributed by atoms with E-state index in [9.17, 15) is 37.5 Å². The van der Waals surface area contributed by atoms with Gasteiger partial charge in [0.1, 0.15) is 11.8 Å². The molecule has 0 saturated carbocycles. The Labute approximate surface area is 263 Å². The van der Waals surface area contributed by atoms with Gasteiger partial charge in [-0.25, -0.2) is 9.59 Å².